The number of unbranched alkanes of at least 4 members (excludes halogenated alkanes) is 2. The zero-order valence-electron chi connectivity index (χ0n) is 22.9. The van der Waals surface area contributed by atoms with Gasteiger partial charge in [-0.2, -0.15) is 0 Å². The van der Waals surface area contributed by atoms with Gasteiger partial charge in [-0.1, -0.05) is 55.0 Å². The second-order valence-corrected chi connectivity index (χ2v) is 11.7. The van der Waals surface area contributed by atoms with E-state index in [4.69, 9.17) is 16.3 Å². The maximum absolute atomic E-state index is 14.5. The molecule has 1 spiro atoms. The monoisotopic (exact) mass is 555 g/mol. The minimum absolute atomic E-state index is 0.0722. The van der Waals surface area contributed by atoms with Gasteiger partial charge in [-0.05, 0) is 51.2 Å². The number of para-hydroxylation sites is 1. The number of hydrogen-bond acceptors (Lipinski definition) is 5. The summed E-state index contributed by atoms with van der Waals surface area (Å²) < 4.78 is 6.86. The van der Waals surface area contributed by atoms with Crippen LogP contribution in [0.3, 0.4) is 0 Å². The molecule has 0 saturated carbocycles. The molecule has 4 aliphatic rings. The lowest BCUT2D eigenvalue weighted by Crippen LogP contribution is -2.56. The second kappa shape index (κ2) is 10.7. The van der Waals surface area contributed by atoms with Crippen molar-refractivity contribution in [2.75, 3.05) is 37.7 Å². The summed E-state index contributed by atoms with van der Waals surface area (Å²) in [5.41, 5.74) is -0.843. The summed E-state index contributed by atoms with van der Waals surface area (Å²) in [6, 6.07) is 4.57. The third-order valence-corrected chi connectivity index (χ3v) is 8.95. The number of anilines is 1. The molecule has 1 aromatic rings. The first-order valence-corrected chi connectivity index (χ1v) is 14.4. The molecule has 210 valence electrons. The summed E-state index contributed by atoms with van der Waals surface area (Å²) in [6.45, 7) is 7.54. The fraction of sp³-hybridized carbons (Fsp3) is 0.567. The molecule has 39 heavy (non-hydrogen) atoms. The summed E-state index contributed by atoms with van der Waals surface area (Å²) in [4.78, 5) is 47.9. The van der Waals surface area contributed by atoms with E-state index in [0.717, 1.165) is 18.4 Å². The van der Waals surface area contributed by atoms with E-state index in [1.54, 1.807) is 20.8 Å². The van der Waals surface area contributed by atoms with Crippen molar-refractivity contribution >= 4 is 35.0 Å². The van der Waals surface area contributed by atoms with Crippen molar-refractivity contribution in [2.24, 2.45) is 11.8 Å². The van der Waals surface area contributed by atoms with Gasteiger partial charge in [0.1, 0.15) is 11.6 Å². The molecule has 4 heterocycles. The molecule has 9 heteroatoms. The molecule has 5 rings (SSSR count). The van der Waals surface area contributed by atoms with Crippen LogP contribution in [-0.4, -0.2) is 82.7 Å². The van der Waals surface area contributed by atoms with E-state index in [0.29, 0.717) is 43.2 Å². The van der Waals surface area contributed by atoms with Crippen molar-refractivity contribution in [3.63, 3.8) is 0 Å². The number of ether oxygens (including phenoxy) is 1. The average molecular weight is 556 g/mol. The molecule has 0 aliphatic carbocycles. The Morgan fingerprint density at radius 2 is 1.77 bits per heavy atom. The van der Waals surface area contributed by atoms with Crippen molar-refractivity contribution in [1.29, 1.82) is 0 Å². The molecule has 4 aliphatic heterocycles. The van der Waals surface area contributed by atoms with Crippen LogP contribution in [0.25, 0.3) is 0 Å². The number of halogens is 1. The largest absolute Gasteiger partial charge is 0.396 e. The van der Waals surface area contributed by atoms with Crippen LogP contribution in [0.2, 0.25) is 5.02 Å². The number of likely N-dealkylation sites (tertiary alicyclic amines) is 1. The van der Waals surface area contributed by atoms with Gasteiger partial charge in [0.15, 0.2) is 0 Å². The minimum atomic E-state index is -1.29. The van der Waals surface area contributed by atoms with Gasteiger partial charge in [-0.25, -0.2) is 0 Å². The number of carbonyl (C=O) groups is 3. The van der Waals surface area contributed by atoms with Crippen LogP contribution < -0.4 is 4.90 Å². The molecule has 2 saturated heterocycles. The number of aliphatic hydroxyl groups is 1. The van der Waals surface area contributed by atoms with Crippen LogP contribution in [-0.2, 0) is 19.1 Å². The zero-order chi connectivity index (χ0) is 27.9. The smallest absolute Gasteiger partial charge is 0.253 e. The van der Waals surface area contributed by atoms with Crippen LogP contribution in [0.1, 0.15) is 45.1 Å². The first-order valence-electron chi connectivity index (χ1n) is 14.0. The van der Waals surface area contributed by atoms with Gasteiger partial charge in [0.2, 0.25) is 11.8 Å². The highest BCUT2D eigenvalue weighted by Crippen LogP contribution is 2.57. The summed E-state index contributed by atoms with van der Waals surface area (Å²) >= 11 is 6.61. The molecular weight excluding hydrogens is 518 g/mol. The number of carbonyl (C=O) groups excluding carboxylic acids is 3. The summed E-state index contributed by atoms with van der Waals surface area (Å²) in [7, 11) is 0. The van der Waals surface area contributed by atoms with Crippen molar-refractivity contribution in [1.82, 2.24) is 9.80 Å². The number of aliphatic hydroxyl groups excluding tert-OH is 1. The molecule has 1 unspecified atom stereocenters. The van der Waals surface area contributed by atoms with Gasteiger partial charge in [-0.15, -0.1) is 0 Å². The number of fused-ring (bicyclic) bond motifs is 2. The molecule has 8 nitrogen and oxygen atoms in total. The quantitative estimate of drug-likeness (QED) is 0.392. The standard InChI is InChI=1S/C30H38ClN3O5/c1-4-15-32-16-9-13-29(3)22(26(32)36)23-27(37)34(17-6-5-7-19-35)25-28(38)33(18-10-14-30(23,25)39-29)24-20(2)11-8-12-21(24)31/h8-14,22-23,25,35H,4-7,15-19H2,1-3H3/t22-,23+,25?,29+,30+/m1/s1. The van der Waals surface area contributed by atoms with E-state index in [9.17, 15) is 19.5 Å². The number of nitrogens with zero attached hydrogens (tertiary/aromatic N) is 3. The van der Waals surface area contributed by atoms with Crippen LogP contribution in [0.4, 0.5) is 5.69 Å². The van der Waals surface area contributed by atoms with Crippen molar-refractivity contribution in [3.05, 3.63) is 53.1 Å². The molecule has 5 atom stereocenters. The van der Waals surface area contributed by atoms with E-state index < -0.39 is 29.1 Å². The fourth-order valence-corrected chi connectivity index (χ4v) is 7.34. The van der Waals surface area contributed by atoms with Gasteiger partial charge in [0.25, 0.3) is 5.91 Å². The molecule has 1 aromatic carbocycles. The van der Waals surface area contributed by atoms with E-state index in [2.05, 4.69) is 0 Å². The maximum Gasteiger partial charge on any atom is 0.253 e. The number of aryl methyl sites for hydroxylation is 1. The predicted molar refractivity (Wildman–Crippen MR) is 149 cm³/mol. The minimum Gasteiger partial charge on any atom is -0.396 e. The Morgan fingerprint density at radius 1 is 1.00 bits per heavy atom. The lowest BCUT2D eigenvalue weighted by molar-refractivity contribution is -0.148. The Kier molecular flexibility index (Phi) is 7.65. The number of benzene rings is 1. The first-order chi connectivity index (χ1) is 18.7. The lowest BCUT2D eigenvalue weighted by Gasteiger charge is -2.37. The molecule has 0 aromatic heterocycles. The van der Waals surface area contributed by atoms with Gasteiger partial charge in [0.05, 0.1) is 28.1 Å². The Balaban J connectivity index is 1.62. The zero-order valence-corrected chi connectivity index (χ0v) is 23.7. The summed E-state index contributed by atoms with van der Waals surface area (Å²) in [5, 5.41) is 9.73. The van der Waals surface area contributed by atoms with Crippen LogP contribution >= 0.6 is 11.6 Å². The van der Waals surface area contributed by atoms with Crippen molar-refractivity contribution in [2.45, 2.75) is 63.7 Å². The SMILES string of the molecule is CCCN1CC=C[C@]2(C)O[C@]34C=CCN(c5c(C)cccc5Cl)C(=O)C3N(CCCCCO)C(=O)[C@@H]4[C@@H]2C1=O. The predicted octanol–water partition coefficient (Wildman–Crippen LogP) is 3.49. The number of rotatable bonds is 8. The highest BCUT2D eigenvalue weighted by atomic mass is 35.5. The van der Waals surface area contributed by atoms with E-state index in [1.165, 1.54) is 0 Å². The molecule has 1 N–H and O–H groups in total. The normalized spacial score (nSPS) is 31.9. The lowest BCUT2D eigenvalue weighted by atomic mass is 9.74. The molecule has 2 fully saturated rings. The van der Waals surface area contributed by atoms with Crippen LogP contribution in [0.5, 0.6) is 0 Å². The average Bonchev–Trinajstić information content (AvgIpc) is 3.16. The van der Waals surface area contributed by atoms with Crippen LogP contribution in [0.15, 0.2) is 42.5 Å². The third-order valence-electron chi connectivity index (χ3n) is 8.65. The Bertz CT molecular complexity index is 1200. The Hall–Kier alpha value is -2.68. The summed E-state index contributed by atoms with van der Waals surface area (Å²) in [6.07, 6.45) is 10.4. The van der Waals surface area contributed by atoms with Crippen molar-refractivity contribution < 1.29 is 24.2 Å². The van der Waals surface area contributed by atoms with E-state index >= 15 is 0 Å². The van der Waals surface area contributed by atoms with Gasteiger partial charge in [0, 0.05) is 32.8 Å². The molecule has 0 radical (unpaired) electrons. The Labute approximate surface area is 235 Å². The fourth-order valence-electron chi connectivity index (χ4n) is 7.02. The van der Waals surface area contributed by atoms with Gasteiger partial charge >= 0.3 is 0 Å². The van der Waals surface area contributed by atoms with Crippen molar-refractivity contribution in [3.8, 4) is 0 Å². The van der Waals surface area contributed by atoms with Gasteiger partial charge in [-0.3, -0.25) is 14.4 Å². The van der Waals surface area contributed by atoms with E-state index in [1.807, 2.05) is 57.2 Å². The summed E-state index contributed by atoms with van der Waals surface area (Å²) in [5.74, 6) is -2.17. The highest BCUT2D eigenvalue weighted by molar-refractivity contribution is 6.34. The highest BCUT2D eigenvalue weighted by Gasteiger charge is 2.74. The second-order valence-electron chi connectivity index (χ2n) is 11.3. The first kappa shape index (κ1) is 27.9. The maximum atomic E-state index is 14.5. The number of hydrogen-bond donors (Lipinski definition) is 1. The molecular formula is C30H38ClN3O5. The molecule has 0 bridgehead atoms. The number of amides is 3. The topological polar surface area (TPSA) is 90.4 Å². The Morgan fingerprint density at radius 3 is 2.49 bits per heavy atom. The third kappa shape index (κ3) is 4.41. The van der Waals surface area contributed by atoms with E-state index in [-0.39, 0.29) is 30.9 Å². The molecule has 3 amide bonds. The van der Waals surface area contributed by atoms with Crippen LogP contribution in [0, 0.1) is 18.8 Å². The van der Waals surface area contributed by atoms with Gasteiger partial charge < -0.3 is 24.5 Å².